The van der Waals surface area contributed by atoms with Gasteiger partial charge in [-0.3, -0.25) is 4.90 Å². The fourth-order valence-electron chi connectivity index (χ4n) is 2.54. The van der Waals surface area contributed by atoms with E-state index in [2.05, 4.69) is 37.9 Å². The van der Waals surface area contributed by atoms with Crippen molar-refractivity contribution in [3.63, 3.8) is 0 Å². The summed E-state index contributed by atoms with van der Waals surface area (Å²) < 4.78 is 5.22. The molecule has 0 heterocycles. The van der Waals surface area contributed by atoms with Crippen LogP contribution in [0.2, 0.25) is 0 Å². The highest BCUT2D eigenvalue weighted by Gasteiger charge is 2.14. The molecule has 110 valence electrons. The van der Waals surface area contributed by atoms with Crippen LogP contribution in [-0.4, -0.2) is 50.3 Å². The summed E-state index contributed by atoms with van der Waals surface area (Å²) >= 11 is 0. The zero-order valence-corrected chi connectivity index (χ0v) is 13.2. The quantitative estimate of drug-likeness (QED) is 0.582. The van der Waals surface area contributed by atoms with Crippen molar-refractivity contribution in [3.05, 3.63) is 0 Å². The lowest BCUT2D eigenvalue weighted by Gasteiger charge is -2.30. The van der Waals surface area contributed by atoms with Crippen LogP contribution in [0.5, 0.6) is 0 Å². The molecule has 0 saturated heterocycles. The molecular weight excluding hydrogens is 224 g/mol. The standard InChI is InChI=1S/C15H34N2O/c1-6-15(7-2)17(12-13-18-5)11-9-10-14(4)16-8-3/h14-16H,6-13H2,1-5H3. The van der Waals surface area contributed by atoms with E-state index in [0.29, 0.717) is 6.04 Å². The Bertz CT molecular complexity index is 172. The van der Waals surface area contributed by atoms with Gasteiger partial charge in [0.15, 0.2) is 0 Å². The van der Waals surface area contributed by atoms with Gasteiger partial charge in [0.05, 0.1) is 6.61 Å². The van der Waals surface area contributed by atoms with Crippen LogP contribution in [0.1, 0.15) is 53.4 Å². The highest BCUT2D eigenvalue weighted by molar-refractivity contribution is 4.70. The molecule has 1 N–H and O–H groups in total. The van der Waals surface area contributed by atoms with Gasteiger partial charge in [0, 0.05) is 25.7 Å². The van der Waals surface area contributed by atoms with Gasteiger partial charge >= 0.3 is 0 Å². The summed E-state index contributed by atoms with van der Waals surface area (Å²) in [5, 5.41) is 3.48. The first-order chi connectivity index (χ1) is 8.69. The summed E-state index contributed by atoms with van der Waals surface area (Å²) in [6.45, 7) is 13.2. The molecule has 1 atom stereocenters. The van der Waals surface area contributed by atoms with Crippen LogP contribution >= 0.6 is 0 Å². The molecule has 3 nitrogen and oxygen atoms in total. The van der Waals surface area contributed by atoms with Crippen molar-refractivity contribution < 1.29 is 4.74 Å². The fraction of sp³-hybridized carbons (Fsp3) is 1.00. The van der Waals surface area contributed by atoms with Crippen molar-refractivity contribution in [2.75, 3.05) is 33.4 Å². The van der Waals surface area contributed by atoms with Crippen LogP contribution in [0, 0.1) is 0 Å². The van der Waals surface area contributed by atoms with E-state index in [4.69, 9.17) is 4.74 Å². The third kappa shape index (κ3) is 8.06. The van der Waals surface area contributed by atoms with E-state index in [0.717, 1.165) is 25.7 Å². The summed E-state index contributed by atoms with van der Waals surface area (Å²) in [4.78, 5) is 2.60. The molecule has 0 bridgehead atoms. The first-order valence-corrected chi connectivity index (χ1v) is 7.65. The van der Waals surface area contributed by atoms with Crippen molar-refractivity contribution in [2.45, 2.75) is 65.5 Å². The van der Waals surface area contributed by atoms with Crippen LogP contribution in [-0.2, 0) is 4.74 Å². The Labute approximate surface area is 114 Å². The molecular formula is C15H34N2O. The molecule has 0 saturated carbocycles. The van der Waals surface area contributed by atoms with Gasteiger partial charge < -0.3 is 10.1 Å². The van der Waals surface area contributed by atoms with Gasteiger partial charge in [-0.15, -0.1) is 0 Å². The minimum Gasteiger partial charge on any atom is -0.383 e. The van der Waals surface area contributed by atoms with E-state index >= 15 is 0 Å². The smallest absolute Gasteiger partial charge is 0.0589 e. The van der Waals surface area contributed by atoms with E-state index in [9.17, 15) is 0 Å². The Hall–Kier alpha value is -0.120. The average Bonchev–Trinajstić information content (AvgIpc) is 2.36. The second kappa shape index (κ2) is 11.9. The molecule has 0 aromatic carbocycles. The molecule has 0 aromatic heterocycles. The van der Waals surface area contributed by atoms with E-state index in [1.807, 2.05) is 0 Å². The monoisotopic (exact) mass is 258 g/mol. The molecule has 0 amide bonds. The SMILES string of the molecule is CCNC(C)CCCN(CCOC)C(CC)CC. The van der Waals surface area contributed by atoms with Crippen molar-refractivity contribution in [1.29, 1.82) is 0 Å². The number of methoxy groups -OCH3 is 1. The van der Waals surface area contributed by atoms with E-state index in [1.54, 1.807) is 7.11 Å². The molecule has 0 rings (SSSR count). The molecule has 0 aliphatic carbocycles. The Morgan fingerprint density at radius 1 is 1.11 bits per heavy atom. The maximum absolute atomic E-state index is 5.22. The number of rotatable bonds is 12. The summed E-state index contributed by atoms with van der Waals surface area (Å²) in [7, 11) is 1.79. The molecule has 0 fully saturated rings. The molecule has 0 aliphatic rings. The average molecular weight is 258 g/mol. The topological polar surface area (TPSA) is 24.5 Å². The van der Waals surface area contributed by atoms with Crippen LogP contribution in [0.3, 0.4) is 0 Å². The molecule has 0 aliphatic heterocycles. The van der Waals surface area contributed by atoms with E-state index < -0.39 is 0 Å². The van der Waals surface area contributed by atoms with Crippen LogP contribution in [0.25, 0.3) is 0 Å². The van der Waals surface area contributed by atoms with Crippen LogP contribution in [0.15, 0.2) is 0 Å². The maximum atomic E-state index is 5.22. The van der Waals surface area contributed by atoms with E-state index in [1.165, 1.54) is 32.2 Å². The third-order valence-electron chi connectivity index (χ3n) is 3.68. The Kier molecular flexibility index (Phi) is 11.9. The van der Waals surface area contributed by atoms with Gasteiger partial charge in [-0.25, -0.2) is 0 Å². The first-order valence-electron chi connectivity index (χ1n) is 7.65. The summed E-state index contributed by atoms with van der Waals surface area (Å²) in [5.74, 6) is 0. The largest absolute Gasteiger partial charge is 0.383 e. The van der Waals surface area contributed by atoms with Gasteiger partial charge in [-0.05, 0) is 45.7 Å². The van der Waals surface area contributed by atoms with Crippen LogP contribution in [0.4, 0.5) is 0 Å². The minimum absolute atomic E-state index is 0.640. The van der Waals surface area contributed by atoms with Gasteiger partial charge in [0.2, 0.25) is 0 Å². The minimum atomic E-state index is 0.640. The van der Waals surface area contributed by atoms with Crippen molar-refractivity contribution >= 4 is 0 Å². The number of ether oxygens (including phenoxy) is 1. The Morgan fingerprint density at radius 2 is 1.78 bits per heavy atom. The fourth-order valence-corrected chi connectivity index (χ4v) is 2.54. The predicted octanol–water partition coefficient (Wildman–Crippen LogP) is 2.90. The second-order valence-corrected chi connectivity index (χ2v) is 5.10. The zero-order chi connectivity index (χ0) is 13.8. The summed E-state index contributed by atoms with van der Waals surface area (Å²) in [5.41, 5.74) is 0. The van der Waals surface area contributed by atoms with Gasteiger partial charge in [0.25, 0.3) is 0 Å². The van der Waals surface area contributed by atoms with Crippen LogP contribution < -0.4 is 5.32 Å². The first kappa shape index (κ1) is 17.9. The summed E-state index contributed by atoms with van der Waals surface area (Å²) in [6, 6.07) is 1.36. The maximum Gasteiger partial charge on any atom is 0.0589 e. The lowest BCUT2D eigenvalue weighted by molar-refractivity contribution is 0.113. The zero-order valence-electron chi connectivity index (χ0n) is 13.2. The number of nitrogens with one attached hydrogen (secondary N) is 1. The molecule has 3 heteroatoms. The highest BCUT2D eigenvalue weighted by atomic mass is 16.5. The Balaban J connectivity index is 3.99. The lowest BCUT2D eigenvalue weighted by atomic mass is 10.1. The van der Waals surface area contributed by atoms with Crippen molar-refractivity contribution in [3.8, 4) is 0 Å². The third-order valence-corrected chi connectivity index (χ3v) is 3.68. The van der Waals surface area contributed by atoms with Crippen molar-refractivity contribution in [2.24, 2.45) is 0 Å². The normalized spacial score (nSPS) is 13.5. The summed E-state index contributed by atoms with van der Waals surface area (Å²) in [6.07, 6.45) is 5.01. The molecule has 0 radical (unpaired) electrons. The second-order valence-electron chi connectivity index (χ2n) is 5.10. The molecule has 0 spiro atoms. The van der Waals surface area contributed by atoms with Gasteiger partial charge in [-0.2, -0.15) is 0 Å². The number of nitrogens with zero attached hydrogens (tertiary/aromatic N) is 1. The molecule has 1 unspecified atom stereocenters. The van der Waals surface area contributed by atoms with Gasteiger partial charge in [0.1, 0.15) is 0 Å². The number of hydrogen-bond acceptors (Lipinski definition) is 3. The number of hydrogen-bond donors (Lipinski definition) is 1. The predicted molar refractivity (Wildman–Crippen MR) is 80.2 cm³/mol. The lowest BCUT2D eigenvalue weighted by Crippen LogP contribution is -2.38. The highest BCUT2D eigenvalue weighted by Crippen LogP contribution is 2.10. The molecule has 18 heavy (non-hydrogen) atoms. The van der Waals surface area contributed by atoms with Crippen molar-refractivity contribution in [1.82, 2.24) is 10.2 Å². The van der Waals surface area contributed by atoms with E-state index in [-0.39, 0.29) is 0 Å². The van der Waals surface area contributed by atoms with Gasteiger partial charge in [-0.1, -0.05) is 20.8 Å². The Morgan fingerprint density at radius 3 is 2.28 bits per heavy atom. The molecule has 0 aromatic rings.